The number of nitrogens with one attached hydrogen (secondary N) is 2. The van der Waals surface area contributed by atoms with Crippen molar-refractivity contribution in [3.05, 3.63) is 59.8 Å². The van der Waals surface area contributed by atoms with E-state index >= 15 is 0 Å². The molecule has 3 N–H and O–H groups in total. The van der Waals surface area contributed by atoms with Gasteiger partial charge in [-0.1, -0.05) is 50.2 Å². The van der Waals surface area contributed by atoms with Crippen molar-refractivity contribution in [2.24, 2.45) is 5.92 Å². The molecule has 40 heavy (non-hydrogen) atoms. The van der Waals surface area contributed by atoms with Crippen LogP contribution in [0.1, 0.15) is 62.5 Å². The number of ketones is 1. The second-order valence-electron chi connectivity index (χ2n) is 11.2. The van der Waals surface area contributed by atoms with E-state index in [1.165, 1.54) is 23.1 Å². The van der Waals surface area contributed by atoms with Gasteiger partial charge < -0.3 is 25.4 Å². The molecule has 3 amide bonds. The van der Waals surface area contributed by atoms with Crippen LogP contribution in [0.4, 0.5) is 0 Å². The predicted molar refractivity (Wildman–Crippen MR) is 147 cm³/mol. The van der Waals surface area contributed by atoms with Crippen molar-refractivity contribution in [1.82, 2.24) is 20.5 Å². The molecule has 4 atom stereocenters. The van der Waals surface area contributed by atoms with Gasteiger partial charge in [0.05, 0.1) is 12.6 Å². The first kappa shape index (κ1) is 29.2. The van der Waals surface area contributed by atoms with Crippen LogP contribution in [-0.2, 0) is 25.5 Å². The van der Waals surface area contributed by atoms with Crippen molar-refractivity contribution < 1.29 is 29.0 Å². The van der Waals surface area contributed by atoms with E-state index in [0.29, 0.717) is 38.3 Å². The molecular formula is C30H38N4O6. The maximum Gasteiger partial charge on any atom is 0.273 e. The maximum atomic E-state index is 13.6. The van der Waals surface area contributed by atoms with E-state index in [1.54, 1.807) is 6.92 Å². The fraction of sp³-hybridized carbons (Fsp3) is 0.500. The highest BCUT2D eigenvalue weighted by atomic mass is 16.6. The quantitative estimate of drug-likeness (QED) is 0.345. The number of aromatic nitrogens is 1. The molecule has 0 aliphatic carbocycles. The van der Waals surface area contributed by atoms with Gasteiger partial charge in [0.1, 0.15) is 23.4 Å². The van der Waals surface area contributed by atoms with Crippen molar-refractivity contribution in [3.63, 3.8) is 0 Å². The first-order valence-corrected chi connectivity index (χ1v) is 13.9. The number of amides is 3. The summed E-state index contributed by atoms with van der Waals surface area (Å²) in [6.07, 6.45) is 2.47. The number of ether oxygens (including phenoxy) is 1. The molecule has 2 aromatic rings. The molecule has 2 aliphatic rings. The van der Waals surface area contributed by atoms with Gasteiger partial charge in [-0.25, -0.2) is 4.98 Å². The second kappa shape index (κ2) is 12.6. The lowest BCUT2D eigenvalue weighted by molar-refractivity contribution is -0.133. The minimum atomic E-state index is -0.964. The SMILES string of the molecule is CC(C)CC[C@H](NC(=O)[C@H](Cc1ccccc1)NC(=O)[C@@H]1CCCN1C(=O)c1cccc(O)n1)C(=O)[C@@]1(C)CO1. The Hall–Kier alpha value is -3.79. The Bertz CT molecular complexity index is 1230. The van der Waals surface area contributed by atoms with Crippen LogP contribution >= 0.6 is 0 Å². The third-order valence-corrected chi connectivity index (χ3v) is 7.45. The molecule has 0 radical (unpaired) electrons. The minimum absolute atomic E-state index is 0.0422. The van der Waals surface area contributed by atoms with E-state index in [0.717, 1.165) is 12.0 Å². The average molecular weight is 551 g/mol. The van der Waals surface area contributed by atoms with Crippen LogP contribution in [0.5, 0.6) is 5.88 Å². The molecule has 10 nitrogen and oxygen atoms in total. The standard InChI is InChI=1S/C30H38N4O6/c1-19(2)14-15-21(26(36)30(3)18-40-30)32-27(37)23(17-20-9-5-4-6-10-20)33-28(38)24-12-8-16-34(24)29(39)22-11-7-13-25(35)31-22/h4-7,9-11,13,19,21,23-24H,8,12,14-18H2,1-3H3,(H,31,35)(H,32,37)(H,33,38)/t21-,23-,24-,30+/m0/s1. The number of pyridine rings is 1. The number of carbonyl (C=O) groups excluding carboxylic acids is 4. The van der Waals surface area contributed by atoms with Gasteiger partial charge >= 0.3 is 0 Å². The fourth-order valence-electron chi connectivity index (χ4n) is 4.96. The monoisotopic (exact) mass is 550 g/mol. The van der Waals surface area contributed by atoms with E-state index in [-0.39, 0.29) is 23.8 Å². The molecule has 10 heteroatoms. The molecule has 1 aromatic heterocycles. The van der Waals surface area contributed by atoms with Gasteiger partial charge in [-0.15, -0.1) is 0 Å². The van der Waals surface area contributed by atoms with Crippen molar-refractivity contribution in [2.75, 3.05) is 13.2 Å². The number of aromatic hydroxyl groups is 1. The lowest BCUT2D eigenvalue weighted by Crippen LogP contribution is -2.57. The first-order valence-electron chi connectivity index (χ1n) is 13.9. The summed E-state index contributed by atoms with van der Waals surface area (Å²) < 4.78 is 5.36. The number of benzene rings is 1. The molecule has 2 saturated heterocycles. The van der Waals surface area contributed by atoms with Gasteiger partial charge in [-0.2, -0.15) is 0 Å². The number of nitrogens with zero attached hydrogens (tertiary/aromatic N) is 2. The normalized spacial score (nSPS) is 21.5. The van der Waals surface area contributed by atoms with Crippen molar-refractivity contribution in [2.45, 2.75) is 76.6 Å². The third kappa shape index (κ3) is 7.24. The lowest BCUT2D eigenvalue weighted by atomic mass is 9.93. The van der Waals surface area contributed by atoms with Crippen LogP contribution in [0, 0.1) is 5.92 Å². The zero-order valence-corrected chi connectivity index (χ0v) is 23.3. The molecule has 2 fully saturated rings. The Labute approximate surface area is 234 Å². The summed E-state index contributed by atoms with van der Waals surface area (Å²) in [5.41, 5.74) is -0.00746. The summed E-state index contributed by atoms with van der Waals surface area (Å²) in [6.45, 7) is 6.51. The number of epoxide rings is 1. The van der Waals surface area contributed by atoms with E-state index in [9.17, 15) is 24.3 Å². The van der Waals surface area contributed by atoms with Crippen molar-refractivity contribution >= 4 is 23.5 Å². The molecule has 214 valence electrons. The molecule has 1 aromatic carbocycles. The molecule has 0 saturated carbocycles. The highest BCUT2D eigenvalue weighted by molar-refractivity contribution is 5.99. The number of hydrogen-bond acceptors (Lipinski definition) is 7. The van der Waals surface area contributed by atoms with Gasteiger partial charge in [0.2, 0.25) is 17.7 Å². The molecule has 0 spiro atoms. The van der Waals surface area contributed by atoms with Gasteiger partial charge in [-0.05, 0) is 50.2 Å². The molecule has 0 bridgehead atoms. The summed E-state index contributed by atoms with van der Waals surface area (Å²) in [5.74, 6) is -1.49. The van der Waals surface area contributed by atoms with Gasteiger partial charge in [0.25, 0.3) is 5.91 Å². The number of carbonyl (C=O) groups is 4. The molecule has 2 aliphatic heterocycles. The van der Waals surface area contributed by atoms with Crippen LogP contribution in [0.2, 0.25) is 0 Å². The Morgan fingerprint density at radius 1 is 1.05 bits per heavy atom. The Morgan fingerprint density at radius 2 is 1.77 bits per heavy atom. The van der Waals surface area contributed by atoms with Gasteiger partial charge in [0.15, 0.2) is 5.78 Å². The Morgan fingerprint density at radius 3 is 2.42 bits per heavy atom. The molecule has 3 heterocycles. The fourth-order valence-corrected chi connectivity index (χ4v) is 4.96. The lowest BCUT2D eigenvalue weighted by Gasteiger charge is -2.28. The van der Waals surface area contributed by atoms with Crippen LogP contribution in [-0.4, -0.2) is 75.4 Å². The molecular weight excluding hydrogens is 512 g/mol. The van der Waals surface area contributed by atoms with Crippen LogP contribution < -0.4 is 10.6 Å². The Kier molecular flexibility index (Phi) is 9.19. The largest absolute Gasteiger partial charge is 0.493 e. The average Bonchev–Trinajstić information content (AvgIpc) is 3.49. The number of hydrogen-bond donors (Lipinski definition) is 3. The first-order chi connectivity index (χ1) is 19.1. The summed E-state index contributed by atoms with van der Waals surface area (Å²) in [5, 5.41) is 15.5. The van der Waals surface area contributed by atoms with Crippen LogP contribution in [0.25, 0.3) is 0 Å². The summed E-state index contributed by atoms with van der Waals surface area (Å²) in [6, 6.07) is 11.2. The Balaban J connectivity index is 1.51. The highest BCUT2D eigenvalue weighted by Gasteiger charge is 2.50. The predicted octanol–water partition coefficient (Wildman–Crippen LogP) is 2.40. The second-order valence-corrected chi connectivity index (χ2v) is 11.2. The molecule has 4 rings (SSSR count). The topological polar surface area (TPSA) is 141 Å². The van der Waals surface area contributed by atoms with Gasteiger partial charge in [0, 0.05) is 19.0 Å². The van der Waals surface area contributed by atoms with Crippen LogP contribution in [0.15, 0.2) is 48.5 Å². The van der Waals surface area contributed by atoms with E-state index < -0.39 is 41.4 Å². The van der Waals surface area contributed by atoms with Crippen molar-refractivity contribution in [1.29, 1.82) is 0 Å². The smallest absolute Gasteiger partial charge is 0.273 e. The van der Waals surface area contributed by atoms with E-state index in [4.69, 9.17) is 4.74 Å². The summed E-state index contributed by atoms with van der Waals surface area (Å²) in [7, 11) is 0. The van der Waals surface area contributed by atoms with Crippen LogP contribution in [0.3, 0.4) is 0 Å². The zero-order valence-electron chi connectivity index (χ0n) is 23.3. The molecule has 0 unspecified atom stereocenters. The highest BCUT2D eigenvalue weighted by Crippen LogP contribution is 2.29. The minimum Gasteiger partial charge on any atom is -0.493 e. The number of Topliss-reactive ketones (excluding diaryl/α,β-unsaturated/α-hetero) is 1. The van der Waals surface area contributed by atoms with E-state index in [2.05, 4.69) is 29.5 Å². The number of rotatable bonds is 12. The maximum absolute atomic E-state index is 13.6. The van der Waals surface area contributed by atoms with Crippen molar-refractivity contribution in [3.8, 4) is 5.88 Å². The van der Waals surface area contributed by atoms with E-state index in [1.807, 2.05) is 30.3 Å². The summed E-state index contributed by atoms with van der Waals surface area (Å²) >= 11 is 0. The van der Waals surface area contributed by atoms with Gasteiger partial charge in [-0.3, -0.25) is 19.2 Å². The number of likely N-dealkylation sites (tertiary alicyclic amines) is 1. The zero-order chi connectivity index (χ0) is 28.9. The summed E-state index contributed by atoms with van der Waals surface area (Å²) in [4.78, 5) is 58.8. The third-order valence-electron chi connectivity index (χ3n) is 7.45.